The van der Waals surface area contributed by atoms with Crippen LogP contribution in [0.15, 0.2) is 23.8 Å². The molecule has 1 saturated heterocycles. The minimum atomic E-state index is -0.0654. The SMILES string of the molecule is CCOc1cccc2c1OCC(C(=O)N1CCC(N)C(C)(C)C1)=C2. The summed E-state index contributed by atoms with van der Waals surface area (Å²) in [5.74, 6) is 1.49. The number of amides is 1. The summed E-state index contributed by atoms with van der Waals surface area (Å²) in [4.78, 5) is 14.8. The Hall–Kier alpha value is -2.01. The highest BCUT2D eigenvalue weighted by atomic mass is 16.5. The van der Waals surface area contributed by atoms with Gasteiger partial charge in [-0.2, -0.15) is 0 Å². The number of likely N-dealkylation sites (tertiary alicyclic amines) is 1. The molecule has 0 aliphatic carbocycles. The molecule has 1 unspecified atom stereocenters. The van der Waals surface area contributed by atoms with Crippen LogP contribution in [0.3, 0.4) is 0 Å². The summed E-state index contributed by atoms with van der Waals surface area (Å²) in [5.41, 5.74) is 7.68. The molecule has 5 nitrogen and oxygen atoms in total. The highest BCUT2D eigenvalue weighted by Gasteiger charge is 2.36. The summed E-state index contributed by atoms with van der Waals surface area (Å²) in [7, 11) is 0. The Morgan fingerprint density at radius 3 is 2.96 bits per heavy atom. The van der Waals surface area contributed by atoms with Crippen LogP contribution >= 0.6 is 0 Å². The number of hydrogen-bond donors (Lipinski definition) is 1. The van der Waals surface area contributed by atoms with Crippen LogP contribution in [0, 0.1) is 5.41 Å². The van der Waals surface area contributed by atoms with Gasteiger partial charge in [-0.25, -0.2) is 0 Å². The van der Waals surface area contributed by atoms with E-state index in [1.54, 1.807) is 0 Å². The molecule has 24 heavy (non-hydrogen) atoms. The highest BCUT2D eigenvalue weighted by molar-refractivity contribution is 5.99. The monoisotopic (exact) mass is 330 g/mol. The molecule has 5 heteroatoms. The molecule has 2 N–H and O–H groups in total. The molecule has 3 rings (SSSR count). The molecule has 1 atom stereocenters. The van der Waals surface area contributed by atoms with Gasteiger partial charge in [0.25, 0.3) is 5.91 Å². The number of ether oxygens (including phenoxy) is 2. The number of rotatable bonds is 3. The Morgan fingerprint density at radius 2 is 2.25 bits per heavy atom. The summed E-state index contributed by atoms with van der Waals surface area (Å²) >= 11 is 0. The van der Waals surface area contributed by atoms with Gasteiger partial charge in [-0.05, 0) is 30.9 Å². The van der Waals surface area contributed by atoms with Gasteiger partial charge in [0.1, 0.15) is 6.61 Å². The maximum Gasteiger partial charge on any atom is 0.253 e. The average molecular weight is 330 g/mol. The predicted molar refractivity (Wildman–Crippen MR) is 94.0 cm³/mol. The number of hydrogen-bond acceptors (Lipinski definition) is 4. The van der Waals surface area contributed by atoms with E-state index in [1.807, 2.05) is 36.1 Å². The van der Waals surface area contributed by atoms with E-state index < -0.39 is 0 Å². The third-order valence-electron chi connectivity index (χ3n) is 4.89. The van der Waals surface area contributed by atoms with Crippen LogP contribution in [0.25, 0.3) is 6.08 Å². The van der Waals surface area contributed by atoms with Crippen molar-refractivity contribution in [2.45, 2.75) is 33.2 Å². The molecule has 130 valence electrons. The van der Waals surface area contributed by atoms with Crippen molar-refractivity contribution in [3.63, 3.8) is 0 Å². The molecular weight excluding hydrogens is 304 g/mol. The Kier molecular flexibility index (Phi) is 4.54. The van der Waals surface area contributed by atoms with Crippen LogP contribution in [-0.2, 0) is 4.79 Å². The number of fused-ring (bicyclic) bond motifs is 1. The second kappa shape index (κ2) is 6.48. The van der Waals surface area contributed by atoms with Gasteiger partial charge in [-0.15, -0.1) is 0 Å². The Labute approximate surface area is 143 Å². The first-order valence-corrected chi connectivity index (χ1v) is 8.56. The van der Waals surface area contributed by atoms with Gasteiger partial charge >= 0.3 is 0 Å². The summed E-state index contributed by atoms with van der Waals surface area (Å²) in [6.07, 6.45) is 2.75. The Bertz CT molecular complexity index is 667. The summed E-state index contributed by atoms with van der Waals surface area (Å²) in [5, 5.41) is 0. The van der Waals surface area contributed by atoms with Gasteiger partial charge < -0.3 is 20.1 Å². The molecule has 1 aromatic rings. The number of carbonyl (C=O) groups excluding carboxylic acids is 1. The van der Waals surface area contributed by atoms with Gasteiger partial charge in [-0.1, -0.05) is 26.0 Å². The lowest BCUT2D eigenvalue weighted by Crippen LogP contribution is -2.54. The zero-order valence-electron chi connectivity index (χ0n) is 14.7. The lowest BCUT2D eigenvalue weighted by atomic mass is 9.79. The zero-order chi connectivity index (χ0) is 17.3. The molecule has 0 bridgehead atoms. The van der Waals surface area contributed by atoms with E-state index in [-0.39, 0.29) is 24.0 Å². The third kappa shape index (κ3) is 3.13. The quantitative estimate of drug-likeness (QED) is 0.924. The Morgan fingerprint density at radius 1 is 1.46 bits per heavy atom. The maximum absolute atomic E-state index is 12.9. The molecule has 0 radical (unpaired) electrons. The van der Waals surface area contributed by atoms with Crippen molar-refractivity contribution >= 4 is 12.0 Å². The predicted octanol–water partition coefficient (Wildman–Crippen LogP) is 2.45. The van der Waals surface area contributed by atoms with Crippen molar-refractivity contribution < 1.29 is 14.3 Å². The smallest absolute Gasteiger partial charge is 0.253 e. The van der Waals surface area contributed by atoms with Gasteiger partial charge in [0.2, 0.25) is 0 Å². The lowest BCUT2D eigenvalue weighted by Gasteiger charge is -2.43. The molecule has 1 fully saturated rings. The first kappa shape index (κ1) is 16.8. The second-order valence-electron chi connectivity index (χ2n) is 7.18. The summed E-state index contributed by atoms with van der Waals surface area (Å²) in [6, 6.07) is 5.88. The van der Waals surface area contributed by atoms with E-state index in [9.17, 15) is 4.79 Å². The normalized spacial score (nSPS) is 22.2. The van der Waals surface area contributed by atoms with E-state index >= 15 is 0 Å². The lowest BCUT2D eigenvalue weighted by molar-refractivity contribution is -0.130. The van der Waals surface area contributed by atoms with Crippen molar-refractivity contribution in [2.24, 2.45) is 11.1 Å². The van der Waals surface area contributed by atoms with E-state index in [1.165, 1.54) is 0 Å². The standard InChI is InChI=1S/C19H26N2O3/c1-4-23-15-7-5-6-13-10-14(11-24-17(13)15)18(22)21-9-8-16(20)19(2,3)12-21/h5-7,10,16H,4,8-9,11-12,20H2,1-3H3. The molecule has 2 aliphatic heterocycles. The van der Waals surface area contributed by atoms with Gasteiger partial charge in [0.05, 0.1) is 12.2 Å². The van der Waals surface area contributed by atoms with Crippen molar-refractivity contribution in [2.75, 3.05) is 26.3 Å². The van der Waals surface area contributed by atoms with Crippen molar-refractivity contribution in [3.8, 4) is 11.5 Å². The minimum absolute atomic E-state index is 0.0439. The van der Waals surface area contributed by atoms with Gasteiger partial charge in [0.15, 0.2) is 11.5 Å². The number of carbonyl (C=O) groups is 1. The van der Waals surface area contributed by atoms with Gasteiger partial charge in [-0.3, -0.25) is 4.79 Å². The maximum atomic E-state index is 12.9. The number of nitrogens with zero attached hydrogens (tertiary/aromatic N) is 1. The molecule has 2 heterocycles. The van der Waals surface area contributed by atoms with Crippen LogP contribution in [0.5, 0.6) is 11.5 Å². The fraction of sp³-hybridized carbons (Fsp3) is 0.526. The van der Waals surface area contributed by atoms with Crippen LogP contribution in [0.1, 0.15) is 32.8 Å². The molecule has 1 amide bonds. The van der Waals surface area contributed by atoms with E-state index in [0.29, 0.717) is 25.3 Å². The molecule has 1 aromatic carbocycles. The molecule has 0 aromatic heterocycles. The fourth-order valence-electron chi connectivity index (χ4n) is 3.32. The zero-order valence-corrected chi connectivity index (χ0v) is 14.7. The van der Waals surface area contributed by atoms with Crippen molar-refractivity contribution in [3.05, 3.63) is 29.3 Å². The molecule has 2 aliphatic rings. The minimum Gasteiger partial charge on any atom is -0.490 e. The van der Waals surface area contributed by atoms with Crippen LogP contribution in [-0.4, -0.2) is 43.2 Å². The second-order valence-corrected chi connectivity index (χ2v) is 7.18. The first-order chi connectivity index (χ1) is 11.4. The van der Waals surface area contributed by atoms with E-state index in [0.717, 1.165) is 23.5 Å². The van der Waals surface area contributed by atoms with Crippen LogP contribution < -0.4 is 15.2 Å². The molecule has 0 spiro atoms. The van der Waals surface area contributed by atoms with Crippen molar-refractivity contribution in [1.82, 2.24) is 4.90 Å². The largest absolute Gasteiger partial charge is 0.490 e. The van der Waals surface area contributed by atoms with Crippen molar-refractivity contribution in [1.29, 1.82) is 0 Å². The van der Waals surface area contributed by atoms with Crippen LogP contribution in [0.2, 0.25) is 0 Å². The average Bonchev–Trinajstić information content (AvgIpc) is 2.56. The fourth-order valence-corrected chi connectivity index (χ4v) is 3.32. The summed E-state index contributed by atoms with van der Waals surface area (Å²) < 4.78 is 11.4. The van der Waals surface area contributed by atoms with E-state index in [2.05, 4.69) is 13.8 Å². The number of nitrogens with two attached hydrogens (primary N) is 1. The van der Waals surface area contributed by atoms with E-state index in [4.69, 9.17) is 15.2 Å². The first-order valence-electron chi connectivity index (χ1n) is 8.56. The third-order valence-corrected chi connectivity index (χ3v) is 4.89. The number of benzene rings is 1. The topological polar surface area (TPSA) is 64.8 Å². The highest BCUT2D eigenvalue weighted by Crippen LogP contribution is 2.36. The Balaban J connectivity index is 1.81. The number of para-hydroxylation sites is 1. The summed E-state index contributed by atoms with van der Waals surface area (Å²) in [6.45, 7) is 8.41. The molecular formula is C19H26N2O3. The van der Waals surface area contributed by atoms with Gasteiger partial charge in [0, 0.05) is 24.7 Å². The van der Waals surface area contributed by atoms with Crippen LogP contribution in [0.4, 0.5) is 0 Å². The molecule has 0 saturated carbocycles. The number of piperidine rings is 1.